The molecule has 0 aromatic carbocycles. The zero-order valence-electron chi connectivity index (χ0n) is 60.9. The van der Waals surface area contributed by atoms with E-state index >= 15 is 0 Å². The Bertz CT molecular complexity index is 3270. The Morgan fingerprint density at radius 3 is 1.50 bits per heavy atom. The minimum absolute atomic E-state index is 0.0163. The van der Waals surface area contributed by atoms with Crippen LogP contribution in [-0.2, 0) is 95.9 Å². The maximum Gasteiger partial charge on any atom is 0.245 e. The fourth-order valence-electron chi connectivity index (χ4n) is 9.72. The monoisotopic (exact) mass is 1590 g/mol. The molecule has 24 N–H and O–H groups in total. The number of carbonyl (C=O) groups excluding carboxylic acids is 20. The fourth-order valence-corrected chi connectivity index (χ4v) is 12.4. The zero-order chi connectivity index (χ0) is 81.3. The van der Waals surface area contributed by atoms with E-state index in [4.69, 9.17) is 22.9 Å². The Morgan fingerprint density at radius 1 is 0.514 bits per heavy atom. The van der Waals surface area contributed by atoms with Gasteiger partial charge in [-0.2, -0.15) is 25.3 Å². The van der Waals surface area contributed by atoms with Crippen molar-refractivity contribution in [1.29, 1.82) is 0 Å². The maximum absolute atomic E-state index is 13.3. The highest BCUT2D eigenvalue weighted by molar-refractivity contribution is 8.76. The number of primary amides is 2. The molecule has 0 spiro atoms. The highest BCUT2D eigenvalue weighted by Gasteiger charge is 2.40. The second-order valence-electron chi connectivity index (χ2n) is 25.2. The lowest BCUT2D eigenvalue weighted by Gasteiger charge is -2.28. The van der Waals surface area contributed by atoms with Crippen LogP contribution in [0.5, 0.6) is 0 Å². The summed E-state index contributed by atoms with van der Waals surface area (Å²) in [5, 5.41) is 38.6. The van der Waals surface area contributed by atoms with Gasteiger partial charge in [0.25, 0.3) is 0 Å². The van der Waals surface area contributed by atoms with Crippen molar-refractivity contribution < 1.29 is 95.9 Å². The molecule has 0 aromatic rings. The van der Waals surface area contributed by atoms with Crippen molar-refractivity contribution in [2.24, 2.45) is 22.9 Å². The number of nitrogens with two attached hydrogens (primary N) is 4. The van der Waals surface area contributed by atoms with Crippen LogP contribution >= 0.6 is 46.8 Å². The number of likely N-dealkylation sites (tertiary alicyclic amines) is 1. The number of hydrogen-bond acceptors (Lipinski definition) is 26. The maximum atomic E-state index is 13.3. The highest BCUT2D eigenvalue weighted by atomic mass is 33.1. The molecule has 3 fully saturated rings. The summed E-state index contributed by atoms with van der Waals surface area (Å²) in [7, 11) is 2.18. The molecule has 3 aliphatic heterocycles. The van der Waals surface area contributed by atoms with Gasteiger partial charge in [0.1, 0.15) is 84.6 Å². The van der Waals surface area contributed by atoms with Crippen LogP contribution in [0.4, 0.5) is 0 Å². The van der Waals surface area contributed by atoms with Gasteiger partial charge in [0.15, 0.2) is 0 Å². The van der Waals surface area contributed by atoms with E-state index < -0.39 is 241 Å². The van der Waals surface area contributed by atoms with Gasteiger partial charge in [0.2, 0.25) is 118 Å². The molecule has 107 heavy (non-hydrogen) atoms. The van der Waals surface area contributed by atoms with Crippen LogP contribution in [0, 0.1) is 0 Å². The SMILES string of the molecule is C[C@@H]1NC(=O)CNC(=O)[C@@H](N)CSSC[C@@H](C(N)=O)NC(=O)CNC(=O)[C@H](C)NC(=O)[C@H](C)NC(=O)[C@H](C)NC(=O)[C@H]2CCCN2C(=O)[C@H](C)NC1=O.C[C@H](NC(=O)CNC(=O)[C@@H](N)CS)C(=O)N[C@@H](C)C(=O)N1CCC[C@@H]1C(=O)N[C@@H](C)C(=O)N[C@@H](C)C(=O)N[C@@H](C)C(=O)NCC(=O)N[C@@H](CCS)C(N)=O. The minimum atomic E-state index is -1.15. The van der Waals surface area contributed by atoms with Crippen LogP contribution in [-0.4, -0.2) is 287 Å². The predicted molar refractivity (Wildman–Crippen MR) is 393 cm³/mol. The molecule has 0 bridgehead atoms. The summed E-state index contributed by atoms with van der Waals surface area (Å²) in [5.74, 6) is -13.5. The summed E-state index contributed by atoms with van der Waals surface area (Å²) in [6.45, 7) is 12.2. The Morgan fingerprint density at radius 2 is 0.963 bits per heavy atom. The molecule has 0 aromatic heterocycles. The summed E-state index contributed by atoms with van der Waals surface area (Å²) < 4.78 is 0. The molecule has 46 heteroatoms. The van der Waals surface area contributed by atoms with Crippen LogP contribution in [0.1, 0.15) is 101 Å². The standard InChI is InChI=1S/C31H53N11O10S2.C30H49N11O10S2/c1-14(25(46)34-12-23(44)41-20(8-10-53)24(33)45)37-27(48)16(3)38-28(49)17(4)39-30(51)21-7-6-9-42(21)31(52)18(5)40-26(47)15(2)36-22(43)11-35-29(50)19(32)13-54;1-13-24(45)33-10-22(43)40-19(23(32)44)12-53-52-11-18(31)28(49)34-9-21(42)35-14(2)25(46)39-17(5)30(51)41-8-6-7-20(41)29(50)38-16(4)27(48)37-15(3)26(47)36-13/h14-21,53-54H,6-13,32H2,1-5H3,(H2,33,45)(H,34,46)(H,35,50)(H,36,43)(H,37,48)(H,38,49)(H,39,51)(H,40,47)(H,41,44);13-20H,6-12,31H2,1-5H3,(H2,32,44)(H,33,45)(H,34,49)(H,35,42)(H,36,47)(H,37,48)(H,38,50)(H,39,46)(H,40,43)/t14-,15-,16-,17-,18-,19-,20-,21+;13-,14-,15-,16-,17-,18-,19-,20+/m00/s1. The Kier molecular flexibility index (Phi) is 41.0. The largest absolute Gasteiger partial charge is 0.368 e. The lowest BCUT2D eigenvalue weighted by Crippen LogP contribution is -2.58. The third-order valence-electron chi connectivity index (χ3n) is 16.1. The summed E-state index contributed by atoms with van der Waals surface area (Å²) in [4.78, 5) is 253. The van der Waals surface area contributed by atoms with E-state index in [-0.39, 0.29) is 55.4 Å². The summed E-state index contributed by atoms with van der Waals surface area (Å²) in [5.41, 5.74) is 22.0. The molecule has 3 saturated heterocycles. The van der Waals surface area contributed by atoms with Crippen molar-refractivity contribution in [1.82, 2.24) is 94.9 Å². The molecule has 0 radical (unpaired) electrons. The van der Waals surface area contributed by atoms with E-state index in [0.717, 1.165) is 21.6 Å². The van der Waals surface area contributed by atoms with Crippen molar-refractivity contribution in [3.8, 4) is 0 Å². The lowest BCUT2D eigenvalue weighted by molar-refractivity contribution is -0.142. The lowest BCUT2D eigenvalue weighted by atomic mass is 10.1. The van der Waals surface area contributed by atoms with Crippen LogP contribution in [0.25, 0.3) is 0 Å². The average molecular weight is 1590 g/mol. The van der Waals surface area contributed by atoms with E-state index in [1.807, 2.05) is 0 Å². The minimum Gasteiger partial charge on any atom is -0.368 e. The van der Waals surface area contributed by atoms with Crippen LogP contribution in [0.15, 0.2) is 0 Å². The molecule has 0 aliphatic carbocycles. The van der Waals surface area contributed by atoms with Crippen molar-refractivity contribution in [2.45, 2.75) is 198 Å². The number of amides is 20. The molecular weight excluding hydrogens is 1490 g/mol. The van der Waals surface area contributed by atoms with E-state index in [2.05, 4.69) is 110 Å². The number of nitrogens with one attached hydrogen (secondary N) is 16. The Labute approximate surface area is 635 Å². The topological polar surface area (TPSA) is 644 Å². The number of nitrogens with zero attached hydrogens (tertiary/aromatic N) is 2. The number of thiol groups is 2. The molecule has 0 unspecified atom stereocenters. The fraction of sp³-hybridized carbons (Fsp3) is 0.672. The average Bonchev–Trinajstić information content (AvgIpc) is 1.74. The third-order valence-corrected chi connectivity index (χ3v) is 19.2. The molecule has 3 heterocycles. The molecular formula is C61H102N22O20S4. The van der Waals surface area contributed by atoms with E-state index in [1.54, 1.807) is 0 Å². The highest BCUT2D eigenvalue weighted by Crippen LogP contribution is 2.23. The van der Waals surface area contributed by atoms with Crippen molar-refractivity contribution in [2.75, 3.05) is 62.3 Å². The first kappa shape index (κ1) is 93.8. The second kappa shape index (κ2) is 46.7. The Balaban J connectivity index is 0.000000727. The molecule has 3 aliphatic rings. The van der Waals surface area contributed by atoms with Crippen molar-refractivity contribution in [3.63, 3.8) is 0 Å². The second-order valence-corrected chi connectivity index (χ2v) is 28.6. The normalized spacial score (nSPS) is 24.0. The molecule has 0 saturated carbocycles. The van der Waals surface area contributed by atoms with Gasteiger partial charge < -0.3 is 118 Å². The van der Waals surface area contributed by atoms with Gasteiger partial charge in [-0.05, 0) is 107 Å². The first-order valence-corrected chi connectivity index (χ1v) is 37.7. The molecule has 600 valence electrons. The van der Waals surface area contributed by atoms with Gasteiger partial charge in [0, 0.05) is 30.3 Å². The van der Waals surface area contributed by atoms with E-state index in [9.17, 15) is 95.9 Å². The van der Waals surface area contributed by atoms with Crippen LogP contribution in [0.2, 0.25) is 0 Å². The van der Waals surface area contributed by atoms with Crippen LogP contribution in [0.3, 0.4) is 0 Å². The summed E-state index contributed by atoms with van der Waals surface area (Å²) in [6, 6.07) is -17.2. The molecule has 16 atom stereocenters. The number of rotatable bonds is 22. The quantitative estimate of drug-likeness (QED) is 0.0353. The van der Waals surface area contributed by atoms with E-state index in [0.29, 0.717) is 12.8 Å². The molecule has 42 nitrogen and oxygen atoms in total. The van der Waals surface area contributed by atoms with Gasteiger partial charge in [-0.3, -0.25) is 95.9 Å². The Hall–Kier alpha value is -9.28. The first-order valence-electron chi connectivity index (χ1n) is 33.9. The third kappa shape index (κ3) is 32.8. The molecule has 3 rings (SSSR count). The summed E-state index contributed by atoms with van der Waals surface area (Å²) >= 11 is 7.90. The number of carbonyl (C=O) groups is 20. The first-order chi connectivity index (χ1) is 50.0. The summed E-state index contributed by atoms with van der Waals surface area (Å²) in [6.07, 6.45) is 1.71. The predicted octanol–water partition coefficient (Wildman–Crippen LogP) is -11.3. The van der Waals surface area contributed by atoms with Gasteiger partial charge in [0.05, 0.1) is 38.3 Å². The zero-order valence-corrected chi connectivity index (χ0v) is 64.3. The molecule has 20 amide bonds. The van der Waals surface area contributed by atoms with Gasteiger partial charge in [-0.15, -0.1) is 0 Å². The number of hydrogen-bond donors (Lipinski definition) is 22. The van der Waals surface area contributed by atoms with Crippen LogP contribution < -0.4 is 108 Å². The van der Waals surface area contributed by atoms with Gasteiger partial charge in [-0.1, -0.05) is 21.6 Å². The van der Waals surface area contributed by atoms with Gasteiger partial charge in [-0.25, -0.2) is 0 Å². The van der Waals surface area contributed by atoms with Gasteiger partial charge >= 0.3 is 0 Å². The van der Waals surface area contributed by atoms with Crippen molar-refractivity contribution in [3.05, 3.63) is 0 Å². The number of fused-ring (bicyclic) bond motifs is 1. The van der Waals surface area contributed by atoms with Crippen molar-refractivity contribution >= 4 is 165 Å². The smallest absolute Gasteiger partial charge is 0.245 e. The van der Waals surface area contributed by atoms with E-state index in [1.165, 1.54) is 79.0 Å².